The van der Waals surface area contributed by atoms with Gasteiger partial charge in [-0.3, -0.25) is 9.69 Å². The maximum absolute atomic E-state index is 13.2. The summed E-state index contributed by atoms with van der Waals surface area (Å²) < 4.78 is 6.11. The van der Waals surface area contributed by atoms with Crippen molar-refractivity contribution in [1.82, 2.24) is 9.80 Å². The van der Waals surface area contributed by atoms with Crippen molar-refractivity contribution in [3.05, 3.63) is 34.9 Å². The molecule has 0 saturated carbocycles. The molecule has 0 aromatic heterocycles. The van der Waals surface area contributed by atoms with Crippen molar-refractivity contribution >= 4 is 17.5 Å². The van der Waals surface area contributed by atoms with Gasteiger partial charge >= 0.3 is 0 Å². The van der Waals surface area contributed by atoms with E-state index in [1.54, 1.807) is 0 Å². The number of carbonyl (C=O) groups is 1. The van der Waals surface area contributed by atoms with Gasteiger partial charge in [-0.1, -0.05) is 23.7 Å². The van der Waals surface area contributed by atoms with E-state index >= 15 is 0 Å². The van der Waals surface area contributed by atoms with E-state index in [4.69, 9.17) is 16.3 Å². The summed E-state index contributed by atoms with van der Waals surface area (Å²) in [6, 6.07) is 8.17. The third-order valence-corrected chi connectivity index (χ3v) is 5.30. The number of ether oxygens (including phenoxy) is 1. The summed E-state index contributed by atoms with van der Waals surface area (Å²) in [6.45, 7) is 7.95. The number of nitrogens with zero attached hydrogens (tertiary/aromatic N) is 2. The topological polar surface area (TPSA) is 32.8 Å². The number of hydrogen-bond acceptors (Lipinski definition) is 3. The Hall–Kier alpha value is -1.10. The maximum Gasteiger partial charge on any atom is 0.256 e. The van der Waals surface area contributed by atoms with Crippen LogP contribution in [0.5, 0.6) is 0 Å². The van der Waals surface area contributed by atoms with E-state index in [-0.39, 0.29) is 11.9 Å². The third kappa shape index (κ3) is 3.76. The van der Waals surface area contributed by atoms with Crippen molar-refractivity contribution in [3.63, 3.8) is 0 Å². The fourth-order valence-electron chi connectivity index (χ4n) is 3.82. The SMILES string of the molecule is CC(C)N1CCCCC2(CN(Cc3cccc(Cl)c3)CCO2)C1=O. The van der Waals surface area contributed by atoms with E-state index in [1.165, 1.54) is 5.56 Å². The molecule has 4 nitrogen and oxygen atoms in total. The van der Waals surface area contributed by atoms with E-state index in [0.29, 0.717) is 13.2 Å². The Morgan fingerprint density at radius 2 is 2.12 bits per heavy atom. The molecule has 2 heterocycles. The van der Waals surface area contributed by atoms with Gasteiger partial charge in [-0.05, 0) is 50.8 Å². The molecule has 1 aromatic carbocycles. The second-order valence-electron chi connectivity index (χ2n) is 7.23. The monoisotopic (exact) mass is 350 g/mol. The summed E-state index contributed by atoms with van der Waals surface area (Å²) in [5, 5.41) is 0.756. The van der Waals surface area contributed by atoms with Crippen molar-refractivity contribution in [2.45, 2.75) is 51.3 Å². The van der Waals surface area contributed by atoms with Gasteiger partial charge in [0.1, 0.15) is 0 Å². The summed E-state index contributed by atoms with van der Waals surface area (Å²) in [7, 11) is 0. The average Bonchev–Trinajstić information content (AvgIpc) is 2.68. The lowest BCUT2D eigenvalue weighted by Crippen LogP contribution is -2.60. The minimum Gasteiger partial charge on any atom is -0.362 e. The molecular formula is C19H27ClN2O2. The Morgan fingerprint density at radius 1 is 1.29 bits per heavy atom. The molecule has 2 fully saturated rings. The molecule has 0 aliphatic carbocycles. The number of morpholine rings is 1. The molecule has 24 heavy (non-hydrogen) atoms. The van der Waals surface area contributed by atoms with Gasteiger partial charge in [0, 0.05) is 37.2 Å². The van der Waals surface area contributed by atoms with Gasteiger partial charge in [0.15, 0.2) is 5.60 Å². The lowest BCUT2D eigenvalue weighted by molar-refractivity contribution is -0.172. The van der Waals surface area contributed by atoms with Crippen LogP contribution in [-0.4, -0.2) is 53.6 Å². The van der Waals surface area contributed by atoms with Gasteiger partial charge in [-0.2, -0.15) is 0 Å². The summed E-state index contributed by atoms with van der Waals surface area (Å²) in [5.41, 5.74) is 0.513. The smallest absolute Gasteiger partial charge is 0.256 e. The van der Waals surface area contributed by atoms with E-state index < -0.39 is 5.60 Å². The first-order valence-electron chi connectivity index (χ1n) is 8.92. The van der Waals surface area contributed by atoms with Crippen molar-refractivity contribution in [1.29, 1.82) is 0 Å². The highest BCUT2D eigenvalue weighted by molar-refractivity contribution is 6.30. The van der Waals surface area contributed by atoms with Crippen LogP contribution in [-0.2, 0) is 16.1 Å². The lowest BCUT2D eigenvalue weighted by Gasteiger charge is -2.43. The molecule has 1 atom stereocenters. The summed E-state index contributed by atoms with van der Waals surface area (Å²) in [4.78, 5) is 17.5. The van der Waals surface area contributed by atoms with E-state index in [2.05, 4.69) is 24.8 Å². The normalized spacial score (nSPS) is 26.2. The molecule has 1 unspecified atom stereocenters. The Kier molecular flexibility index (Phi) is 5.48. The largest absolute Gasteiger partial charge is 0.362 e. The number of benzene rings is 1. The Balaban J connectivity index is 1.76. The summed E-state index contributed by atoms with van der Waals surface area (Å²) in [6.07, 6.45) is 2.92. The molecule has 132 valence electrons. The van der Waals surface area contributed by atoms with E-state index in [0.717, 1.165) is 43.9 Å². The Morgan fingerprint density at radius 3 is 2.88 bits per heavy atom. The van der Waals surface area contributed by atoms with Crippen LogP contribution in [0.15, 0.2) is 24.3 Å². The fraction of sp³-hybridized carbons (Fsp3) is 0.632. The first-order chi connectivity index (χ1) is 11.5. The molecule has 2 saturated heterocycles. The zero-order chi connectivity index (χ0) is 17.2. The first kappa shape index (κ1) is 17.7. The highest BCUT2D eigenvalue weighted by atomic mass is 35.5. The molecule has 0 bridgehead atoms. The molecule has 0 N–H and O–H groups in total. The molecule has 1 amide bonds. The average molecular weight is 351 g/mol. The Labute approximate surface area is 149 Å². The zero-order valence-electron chi connectivity index (χ0n) is 14.6. The summed E-state index contributed by atoms with van der Waals surface area (Å²) >= 11 is 6.10. The van der Waals surface area contributed by atoms with Crippen LogP contribution in [0.2, 0.25) is 5.02 Å². The maximum atomic E-state index is 13.2. The quantitative estimate of drug-likeness (QED) is 0.838. The van der Waals surface area contributed by atoms with Crippen LogP contribution in [0.3, 0.4) is 0 Å². The fourth-order valence-corrected chi connectivity index (χ4v) is 4.03. The predicted molar refractivity (Wildman–Crippen MR) is 96.1 cm³/mol. The minimum atomic E-state index is -0.669. The van der Waals surface area contributed by atoms with Gasteiger partial charge in [0.25, 0.3) is 5.91 Å². The number of carbonyl (C=O) groups excluding carboxylic acids is 1. The van der Waals surface area contributed by atoms with Crippen molar-refractivity contribution in [2.75, 3.05) is 26.2 Å². The Bertz CT molecular complexity index is 592. The zero-order valence-corrected chi connectivity index (χ0v) is 15.4. The molecule has 1 spiro atoms. The summed E-state index contributed by atoms with van der Waals surface area (Å²) in [5.74, 6) is 0.172. The van der Waals surface area contributed by atoms with Gasteiger partial charge in [-0.25, -0.2) is 0 Å². The van der Waals surface area contributed by atoms with Crippen LogP contribution in [0.4, 0.5) is 0 Å². The van der Waals surface area contributed by atoms with Gasteiger partial charge in [0.05, 0.1) is 6.61 Å². The van der Waals surface area contributed by atoms with Crippen LogP contribution in [0.25, 0.3) is 0 Å². The van der Waals surface area contributed by atoms with Crippen LogP contribution < -0.4 is 0 Å². The number of amides is 1. The molecular weight excluding hydrogens is 324 g/mol. The van der Waals surface area contributed by atoms with Gasteiger partial charge in [-0.15, -0.1) is 0 Å². The molecule has 0 radical (unpaired) electrons. The minimum absolute atomic E-state index is 0.172. The van der Waals surface area contributed by atoms with Crippen molar-refractivity contribution < 1.29 is 9.53 Å². The van der Waals surface area contributed by atoms with Crippen molar-refractivity contribution in [2.24, 2.45) is 0 Å². The highest BCUT2D eigenvalue weighted by Gasteiger charge is 2.47. The number of likely N-dealkylation sites (tertiary alicyclic amines) is 1. The van der Waals surface area contributed by atoms with Crippen LogP contribution in [0, 0.1) is 0 Å². The second kappa shape index (κ2) is 7.42. The number of hydrogen-bond donors (Lipinski definition) is 0. The first-order valence-corrected chi connectivity index (χ1v) is 9.30. The molecule has 2 aliphatic rings. The molecule has 2 aliphatic heterocycles. The van der Waals surface area contributed by atoms with Crippen molar-refractivity contribution in [3.8, 4) is 0 Å². The van der Waals surface area contributed by atoms with E-state index in [9.17, 15) is 4.79 Å². The van der Waals surface area contributed by atoms with Crippen LogP contribution >= 0.6 is 11.6 Å². The molecule has 3 rings (SSSR count). The predicted octanol–water partition coefficient (Wildman–Crippen LogP) is 3.33. The lowest BCUT2D eigenvalue weighted by atomic mass is 9.93. The number of rotatable bonds is 3. The van der Waals surface area contributed by atoms with Crippen LogP contribution in [0.1, 0.15) is 38.7 Å². The highest BCUT2D eigenvalue weighted by Crippen LogP contribution is 2.31. The molecule has 5 heteroatoms. The third-order valence-electron chi connectivity index (χ3n) is 5.06. The standard InChI is InChI=1S/C19H27ClN2O2/c1-15(2)22-9-4-3-8-19(18(22)23)14-21(10-11-24-19)13-16-6-5-7-17(20)12-16/h5-7,12,15H,3-4,8-11,13-14H2,1-2H3. The number of halogens is 1. The second-order valence-corrected chi connectivity index (χ2v) is 7.67. The molecule has 1 aromatic rings. The van der Waals surface area contributed by atoms with Gasteiger partial charge < -0.3 is 9.64 Å². The van der Waals surface area contributed by atoms with E-state index in [1.807, 2.05) is 23.1 Å². The van der Waals surface area contributed by atoms with Gasteiger partial charge in [0.2, 0.25) is 0 Å².